The first-order valence-electron chi connectivity index (χ1n) is 20.5. The number of fused-ring (bicyclic) bond motifs is 6. The van der Waals surface area contributed by atoms with Crippen LogP contribution in [0.2, 0.25) is 0 Å². The van der Waals surface area contributed by atoms with Crippen LogP contribution in [-0.4, -0.2) is 0 Å². The van der Waals surface area contributed by atoms with Crippen LogP contribution in [-0.2, 0) is 5.41 Å². The van der Waals surface area contributed by atoms with Gasteiger partial charge in [0.1, 0.15) is 0 Å². The molecule has 0 bridgehead atoms. The van der Waals surface area contributed by atoms with Crippen molar-refractivity contribution in [2.24, 2.45) is 0 Å². The van der Waals surface area contributed by atoms with Gasteiger partial charge in [-0.05, 0) is 109 Å². The van der Waals surface area contributed by atoms with Gasteiger partial charge in [0.05, 0.1) is 17.1 Å². The first kappa shape index (κ1) is 34.8. The number of para-hydroxylation sites is 2. The summed E-state index contributed by atoms with van der Waals surface area (Å²) in [7, 11) is 0. The molecular weight excluding hydrogens is 713 g/mol. The standard InChI is InChI=1S/C57H42N2/c1-57(2)52-27-15-16-28-54(52)59(56-47-24-12-9-19-41(47)31-35-50(56)51-37-42-20-10-11-23-46(42)48-25-13-14-26-49(48)51)55-36-34-45(38-53(55)57)58(43-21-7-4-8-22-43)44-32-29-40(30-33-44)39-17-5-3-6-18-39/h3-38H,1-2H3. The molecule has 0 spiro atoms. The summed E-state index contributed by atoms with van der Waals surface area (Å²) < 4.78 is 0. The van der Waals surface area contributed by atoms with Gasteiger partial charge in [-0.2, -0.15) is 0 Å². The molecule has 11 rings (SSSR count). The van der Waals surface area contributed by atoms with E-state index in [1.807, 2.05) is 0 Å². The minimum atomic E-state index is -0.293. The second-order valence-electron chi connectivity index (χ2n) is 16.1. The van der Waals surface area contributed by atoms with Gasteiger partial charge in [-0.25, -0.2) is 0 Å². The van der Waals surface area contributed by atoms with E-state index in [9.17, 15) is 0 Å². The van der Waals surface area contributed by atoms with Gasteiger partial charge in [0.2, 0.25) is 0 Å². The highest BCUT2D eigenvalue weighted by Crippen LogP contribution is 2.56. The van der Waals surface area contributed by atoms with Gasteiger partial charge in [0.25, 0.3) is 0 Å². The molecule has 1 aliphatic heterocycles. The van der Waals surface area contributed by atoms with Crippen LogP contribution >= 0.6 is 0 Å². The predicted molar refractivity (Wildman–Crippen MR) is 251 cm³/mol. The summed E-state index contributed by atoms with van der Waals surface area (Å²) in [4.78, 5) is 4.95. The Bertz CT molecular complexity index is 3180. The number of hydrogen-bond donors (Lipinski definition) is 0. The van der Waals surface area contributed by atoms with E-state index >= 15 is 0 Å². The average molecular weight is 755 g/mol. The lowest BCUT2D eigenvalue weighted by Crippen LogP contribution is -2.31. The lowest BCUT2D eigenvalue weighted by molar-refractivity contribution is 0.632. The van der Waals surface area contributed by atoms with E-state index in [-0.39, 0.29) is 5.41 Å². The number of hydrogen-bond acceptors (Lipinski definition) is 2. The summed E-state index contributed by atoms with van der Waals surface area (Å²) >= 11 is 0. The Morgan fingerprint density at radius 1 is 0.356 bits per heavy atom. The molecule has 0 unspecified atom stereocenters. The SMILES string of the molecule is CC1(C)c2ccccc2N(c2c(-c3cc4ccccc4c4ccccc34)ccc3ccccc23)c2ccc(N(c3ccccc3)c3ccc(-c4ccccc4)cc3)cc21. The van der Waals surface area contributed by atoms with E-state index in [1.54, 1.807) is 0 Å². The molecular formula is C57H42N2. The van der Waals surface area contributed by atoms with E-state index in [4.69, 9.17) is 0 Å². The van der Waals surface area contributed by atoms with Crippen LogP contribution in [0.4, 0.5) is 34.1 Å². The van der Waals surface area contributed by atoms with Gasteiger partial charge >= 0.3 is 0 Å². The third kappa shape index (κ3) is 5.71. The van der Waals surface area contributed by atoms with Crippen molar-refractivity contribution in [3.05, 3.63) is 230 Å². The lowest BCUT2D eigenvalue weighted by Gasteiger charge is -2.43. The van der Waals surface area contributed by atoms with Crippen molar-refractivity contribution in [1.82, 2.24) is 0 Å². The fourth-order valence-corrected chi connectivity index (χ4v) is 9.52. The molecule has 0 amide bonds. The molecule has 0 atom stereocenters. The second kappa shape index (κ2) is 13.9. The Kier molecular flexibility index (Phi) is 8.20. The van der Waals surface area contributed by atoms with Crippen LogP contribution < -0.4 is 9.80 Å². The van der Waals surface area contributed by atoms with Crippen molar-refractivity contribution >= 4 is 66.4 Å². The molecule has 1 aliphatic rings. The Hall–Kier alpha value is -7.42. The predicted octanol–water partition coefficient (Wildman–Crippen LogP) is 16.1. The van der Waals surface area contributed by atoms with Crippen LogP contribution in [0.5, 0.6) is 0 Å². The number of nitrogens with zero attached hydrogens (tertiary/aromatic N) is 2. The molecule has 0 radical (unpaired) electrons. The van der Waals surface area contributed by atoms with Crippen molar-refractivity contribution < 1.29 is 0 Å². The van der Waals surface area contributed by atoms with Gasteiger partial charge in [-0.3, -0.25) is 0 Å². The Morgan fingerprint density at radius 3 is 1.69 bits per heavy atom. The third-order valence-corrected chi connectivity index (χ3v) is 12.4. The minimum Gasteiger partial charge on any atom is -0.310 e. The number of anilines is 6. The average Bonchev–Trinajstić information content (AvgIpc) is 3.30. The van der Waals surface area contributed by atoms with Gasteiger partial charge in [0, 0.05) is 33.4 Å². The molecule has 10 aromatic rings. The van der Waals surface area contributed by atoms with Crippen molar-refractivity contribution in [3.63, 3.8) is 0 Å². The monoisotopic (exact) mass is 754 g/mol. The Labute approximate surface area is 345 Å². The molecule has 280 valence electrons. The summed E-state index contributed by atoms with van der Waals surface area (Å²) in [6.45, 7) is 4.77. The maximum absolute atomic E-state index is 2.56. The second-order valence-corrected chi connectivity index (χ2v) is 16.1. The normalized spacial score (nSPS) is 13.0. The quantitative estimate of drug-likeness (QED) is 0.156. The first-order chi connectivity index (χ1) is 29.0. The van der Waals surface area contributed by atoms with Crippen LogP contribution in [0.15, 0.2) is 218 Å². The molecule has 0 aliphatic carbocycles. The van der Waals surface area contributed by atoms with Crippen molar-refractivity contribution in [3.8, 4) is 22.3 Å². The highest BCUT2D eigenvalue weighted by molar-refractivity contribution is 6.17. The Morgan fingerprint density at radius 2 is 0.915 bits per heavy atom. The molecule has 2 nitrogen and oxygen atoms in total. The van der Waals surface area contributed by atoms with Gasteiger partial charge in [-0.1, -0.05) is 178 Å². The highest BCUT2D eigenvalue weighted by Gasteiger charge is 2.38. The summed E-state index contributed by atoms with van der Waals surface area (Å²) in [5, 5.41) is 7.46. The molecule has 0 saturated heterocycles. The summed E-state index contributed by atoms with van der Waals surface area (Å²) in [6, 6.07) is 80.0. The van der Waals surface area contributed by atoms with E-state index in [2.05, 4.69) is 242 Å². The molecule has 2 heteroatoms. The maximum atomic E-state index is 2.56. The van der Waals surface area contributed by atoms with E-state index in [0.717, 1.165) is 17.1 Å². The minimum absolute atomic E-state index is 0.293. The van der Waals surface area contributed by atoms with E-state index < -0.39 is 0 Å². The van der Waals surface area contributed by atoms with E-state index in [1.165, 1.54) is 82.8 Å². The fourth-order valence-electron chi connectivity index (χ4n) is 9.52. The smallest absolute Gasteiger partial charge is 0.0618 e. The zero-order valence-electron chi connectivity index (χ0n) is 33.2. The lowest BCUT2D eigenvalue weighted by atomic mass is 9.73. The first-order valence-corrected chi connectivity index (χ1v) is 20.5. The molecule has 0 aromatic heterocycles. The molecule has 59 heavy (non-hydrogen) atoms. The summed E-state index contributed by atoms with van der Waals surface area (Å²) in [6.07, 6.45) is 0. The van der Waals surface area contributed by atoms with Crippen LogP contribution in [0.1, 0.15) is 25.0 Å². The van der Waals surface area contributed by atoms with Crippen molar-refractivity contribution in [2.45, 2.75) is 19.3 Å². The van der Waals surface area contributed by atoms with Crippen molar-refractivity contribution in [2.75, 3.05) is 9.80 Å². The Balaban J connectivity index is 1.16. The largest absolute Gasteiger partial charge is 0.310 e. The maximum Gasteiger partial charge on any atom is 0.0618 e. The molecule has 1 heterocycles. The zero-order valence-corrected chi connectivity index (χ0v) is 33.2. The molecule has 0 fully saturated rings. The van der Waals surface area contributed by atoms with Crippen LogP contribution in [0.25, 0.3) is 54.6 Å². The van der Waals surface area contributed by atoms with Crippen LogP contribution in [0, 0.1) is 0 Å². The number of benzene rings is 10. The van der Waals surface area contributed by atoms with Crippen LogP contribution in [0.3, 0.4) is 0 Å². The molecule has 0 N–H and O–H groups in total. The molecule has 0 saturated carbocycles. The number of rotatable bonds is 6. The highest BCUT2D eigenvalue weighted by atomic mass is 15.2. The molecule has 10 aromatic carbocycles. The summed E-state index contributed by atoms with van der Waals surface area (Å²) in [5.74, 6) is 0. The topological polar surface area (TPSA) is 6.48 Å². The fraction of sp³-hybridized carbons (Fsp3) is 0.0526. The van der Waals surface area contributed by atoms with Gasteiger partial charge in [-0.15, -0.1) is 0 Å². The van der Waals surface area contributed by atoms with E-state index in [0.29, 0.717) is 0 Å². The summed E-state index contributed by atoms with van der Waals surface area (Å²) in [5.41, 5.74) is 14.1. The third-order valence-electron chi connectivity index (χ3n) is 12.4. The zero-order chi connectivity index (χ0) is 39.5. The van der Waals surface area contributed by atoms with Gasteiger partial charge in [0.15, 0.2) is 0 Å². The van der Waals surface area contributed by atoms with Crippen molar-refractivity contribution in [1.29, 1.82) is 0 Å². The van der Waals surface area contributed by atoms with Gasteiger partial charge < -0.3 is 9.80 Å².